The number of hydrogen-bond acceptors (Lipinski definition) is 4. The quantitative estimate of drug-likeness (QED) is 0.754. The molecule has 0 unspecified atom stereocenters. The molecule has 0 bridgehead atoms. The van der Waals surface area contributed by atoms with Crippen molar-refractivity contribution >= 4 is 5.97 Å². The number of rotatable bonds is 6. The smallest absolute Gasteiger partial charge is 0.372 e. The second-order valence-corrected chi connectivity index (χ2v) is 3.98. The van der Waals surface area contributed by atoms with Crippen molar-refractivity contribution < 1.29 is 14.3 Å². The summed E-state index contributed by atoms with van der Waals surface area (Å²) < 4.78 is 7.05. The summed E-state index contributed by atoms with van der Waals surface area (Å²) in [6.45, 7) is 3.73. The number of aryl methyl sites for hydroxylation is 1. The topological polar surface area (TPSA) is 80.3 Å². The summed E-state index contributed by atoms with van der Waals surface area (Å²) in [6, 6.07) is 3.61. The number of carbonyl (C=O) groups is 1. The van der Waals surface area contributed by atoms with Crippen molar-refractivity contribution in [1.29, 1.82) is 0 Å². The van der Waals surface area contributed by atoms with Gasteiger partial charge in [0.1, 0.15) is 5.76 Å². The van der Waals surface area contributed by atoms with E-state index in [-0.39, 0.29) is 5.76 Å². The second kappa shape index (κ2) is 5.50. The molecule has 0 radical (unpaired) electrons. The maximum Gasteiger partial charge on any atom is 0.372 e. The van der Waals surface area contributed by atoms with E-state index in [0.717, 1.165) is 13.1 Å². The Morgan fingerprint density at radius 2 is 2.44 bits per heavy atom. The highest BCUT2D eigenvalue weighted by atomic mass is 16.4. The third-order valence-corrected chi connectivity index (χ3v) is 2.54. The van der Waals surface area contributed by atoms with E-state index in [1.165, 1.54) is 0 Å². The fraction of sp³-hybridized carbons (Fsp3) is 0.333. The molecule has 0 fully saturated rings. The number of nitrogens with one attached hydrogen (secondary N) is 1. The van der Waals surface area contributed by atoms with Crippen LogP contribution >= 0.6 is 0 Å². The van der Waals surface area contributed by atoms with E-state index in [0.29, 0.717) is 17.9 Å². The molecule has 0 aromatic carbocycles. The Kier molecular flexibility index (Phi) is 3.78. The summed E-state index contributed by atoms with van der Waals surface area (Å²) in [5, 5.41) is 16.1. The van der Waals surface area contributed by atoms with Gasteiger partial charge >= 0.3 is 5.97 Å². The lowest BCUT2D eigenvalue weighted by atomic mass is 10.2. The first-order valence-electron chi connectivity index (χ1n) is 5.67. The van der Waals surface area contributed by atoms with Gasteiger partial charge in [0.05, 0.1) is 13.1 Å². The average Bonchev–Trinajstić information content (AvgIpc) is 2.94. The average molecular weight is 249 g/mol. The Bertz CT molecular complexity index is 517. The summed E-state index contributed by atoms with van der Waals surface area (Å²) in [5.74, 6) is -0.389. The SMILES string of the molecule is Cc1cc(CNCCn2cccn2)oc1C(=O)O. The van der Waals surface area contributed by atoms with Crippen molar-refractivity contribution in [3.8, 4) is 0 Å². The highest BCUT2D eigenvalue weighted by Gasteiger charge is 2.13. The first-order valence-corrected chi connectivity index (χ1v) is 5.67. The zero-order valence-electron chi connectivity index (χ0n) is 10.1. The fourth-order valence-electron chi connectivity index (χ4n) is 1.69. The first-order chi connectivity index (χ1) is 8.66. The number of carboxylic acids is 1. The van der Waals surface area contributed by atoms with Crippen LogP contribution in [0.25, 0.3) is 0 Å². The lowest BCUT2D eigenvalue weighted by molar-refractivity contribution is 0.0659. The maximum absolute atomic E-state index is 10.8. The van der Waals surface area contributed by atoms with E-state index in [1.54, 1.807) is 19.2 Å². The molecule has 0 amide bonds. The van der Waals surface area contributed by atoms with Crippen molar-refractivity contribution in [2.45, 2.75) is 20.0 Å². The van der Waals surface area contributed by atoms with E-state index in [2.05, 4.69) is 10.4 Å². The minimum absolute atomic E-state index is 0.0128. The molecule has 6 nitrogen and oxygen atoms in total. The third-order valence-electron chi connectivity index (χ3n) is 2.54. The number of furan rings is 1. The zero-order valence-corrected chi connectivity index (χ0v) is 10.1. The van der Waals surface area contributed by atoms with Gasteiger partial charge in [-0.25, -0.2) is 4.79 Å². The summed E-state index contributed by atoms with van der Waals surface area (Å²) >= 11 is 0. The van der Waals surface area contributed by atoms with Crippen LogP contribution in [-0.2, 0) is 13.1 Å². The van der Waals surface area contributed by atoms with Gasteiger partial charge in [-0.05, 0) is 19.1 Å². The van der Waals surface area contributed by atoms with Crippen LogP contribution in [0.4, 0.5) is 0 Å². The lowest BCUT2D eigenvalue weighted by Crippen LogP contribution is -2.19. The molecule has 2 aromatic heterocycles. The van der Waals surface area contributed by atoms with Gasteiger partial charge < -0.3 is 14.8 Å². The van der Waals surface area contributed by atoms with Gasteiger partial charge in [0, 0.05) is 24.5 Å². The Labute approximate surface area is 104 Å². The normalized spacial score (nSPS) is 10.7. The number of carboxylic acid groups (broad SMARTS) is 1. The molecule has 0 aliphatic heterocycles. The maximum atomic E-state index is 10.8. The molecule has 0 saturated heterocycles. The van der Waals surface area contributed by atoms with Gasteiger partial charge in [0.25, 0.3) is 0 Å². The van der Waals surface area contributed by atoms with E-state index >= 15 is 0 Å². The van der Waals surface area contributed by atoms with Gasteiger partial charge in [-0.2, -0.15) is 5.10 Å². The molecule has 6 heteroatoms. The van der Waals surface area contributed by atoms with Gasteiger partial charge in [-0.1, -0.05) is 0 Å². The van der Waals surface area contributed by atoms with Crippen LogP contribution < -0.4 is 5.32 Å². The molecule has 2 heterocycles. The molecular formula is C12H15N3O3. The van der Waals surface area contributed by atoms with Gasteiger partial charge in [0.15, 0.2) is 0 Å². The largest absolute Gasteiger partial charge is 0.475 e. The molecule has 18 heavy (non-hydrogen) atoms. The highest BCUT2D eigenvalue weighted by Crippen LogP contribution is 2.14. The lowest BCUT2D eigenvalue weighted by Gasteiger charge is -2.02. The zero-order chi connectivity index (χ0) is 13.0. The number of nitrogens with zero attached hydrogens (tertiary/aromatic N) is 2. The van der Waals surface area contributed by atoms with Crippen LogP contribution in [0.2, 0.25) is 0 Å². The minimum atomic E-state index is -1.03. The highest BCUT2D eigenvalue weighted by molar-refractivity contribution is 5.86. The molecule has 0 aliphatic rings. The van der Waals surface area contributed by atoms with Gasteiger partial charge in [-0.3, -0.25) is 4.68 Å². The van der Waals surface area contributed by atoms with Crippen molar-refractivity contribution in [2.24, 2.45) is 0 Å². The first kappa shape index (κ1) is 12.4. The molecule has 0 aliphatic carbocycles. The van der Waals surface area contributed by atoms with E-state index in [1.807, 2.05) is 16.9 Å². The predicted molar refractivity (Wildman–Crippen MR) is 64.3 cm³/mol. The van der Waals surface area contributed by atoms with Gasteiger partial charge in [-0.15, -0.1) is 0 Å². The summed E-state index contributed by atoms with van der Waals surface area (Å²) in [6.07, 6.45) is 3.62. The predicted octanol–water partition coefficient (Wildman–Crippen LogP) is 1.27. The molecule has 96 valence electrons. The van der Waals surface area contributed by atoms with Crippen LogP contribution in [0.1, 0.15) is 21.9 Å². The third kappa shape index (κ3) is 2.98. The standard InChI is InChI=1S/C12H15N3O3/c1-9-7-10(18-11(9)12(16)17)8-13-4-6-15-5-2-3-14-15/h2-3,5,7,13H,4,6,8H2,1H3,(H,16,17). The monoisotopic (exact) mass is 249 g/mol. The Balaban J connectivity index is 1.80. The van der Waals surface area contributed by atoms with E-state index < -0.39 is 5.97 Å². The van der Waals surface area contributed by atoms with Crippen molar-refractivity contribution in [1.82, 2.24) is 15.1 Å². The molecule has 0 atom stereocenters. The molecule has 2 N–H and O–H groups in total. The van der Waals surface area contributed by atoms with E-state index in [9.17, 15) is 4.79 Å². The van der Waals surface area contributed by atoms with Crippen LogP contribution in [0.5, 0.6) is 0 Å². The Morgan fingerprint density at radius 3 is 3.06 bits per heavy atom. The van der Waals surface area contributed by atoms with Crippen LogP contribution in [-0.4, -0.2) is 27.4 Å². The molecule has 2 aromatic rings. The second-order valence-electron chi connectivity index (χ2n) is 3.98. The van der Waals surface area contributed by atoms with Crippen LogP contribution in [0.3, 0.4) is 0 Å². The van der Waals surface area contributed by atoms with Crippen LogP contribution in [0.15, 0.2) is 28.9 Å². The summed E-state index contributed by atoms with van der Waals surface area (Å²) in [7, 11) is 0. The Morgan fingerprint density at radius 1 is 1.61 bits per heavy atom. The summed E-state index contributed by atoms with van der Waals surface area (Å²) in [5.41, 5.74) is 0.645. The molecule has 2 rings (SSSR count). The summed E-state index contributed by atoms with van der Waals surface area (Å²) in [4.78, 5) is 10.8. The molecular weight excluding hydrogens is 234 g/mol. The van der Waals surface area contributed by atoms with E-state index in [4.69, 9.17) is 9.52 Å². The van der Waals surface area contributed by atoms with Crippen molar-refractivity contribution in [3.63, 3.8) is 0 Å². The van der Waals surface area contributed by atoms with Crippen molar-refractivity contribution in [3.05, 3.63) is 41.6 Å². The number of aromatic nitrogens is 2. The Hall–Kier alpha value is -2.08. The van der Waals surface area contributed by atoms with Crippen molar-refractivity contribution in [2.75, 3.05) is 6.54 Å². The number of aromatic carboxylic acids is 1. The molecule has 0 saturated carbocycles. The fourth-order valence-corrected chi connectivity index (χ4v) is 1.69. The van der Waals surface area contributed by atoms with Crippen LogP contribution in [0, 0.1) is 6.92 Å². The molecule has 0 spiro atoms. The number of hydrogen-bond donors (Lipinski definition) is 2. The minimum Gasteiger partial charge on any atom is -0.475 e. The van der Waals surface area contributed by atoms with Gasteiger partial charge in [0.2, 0.25) is 5.76 Å².